The van der Waals surface area contributed by atoms with Crippen molar-refractivity contribution in [1.82, 2.24) is 19.2 Å². The molecule has 30 heavy (non-hydrogen) atoms. The molecule has 1 heterocycles. The summed E-state index contributed by atoms with van der Waals surface area (Å²) in [6.45, 7) is 6.82. The molecule has 0 aliphatic rings. The molecule has 3 rings (SSSR count). The Morgan fingerprint density at radius 3 is 2.23 bits per heavy atom. The van der Waals surface area contributed by atoms with E-state index in [-0.39, 0.29) is 10.8 Å². The van der Waals surface area contributed by atoms with Gasteiger partial charge in [0.1, 0.15) is 0 Å². The quantitative estimate of drug-likeness (QED) is 0.598. The minimum Gasteiger partial charge on any atom is -0.339 e. The zero-order chi connectivity index (χ0) is 21.7. The van der Waals surface area contributed by atoms with Gasteiger partial charge in [-0.1, -0.05) is 12.1 Å². The maximum atomic E-state index is 12.8. The van der Waals surface area contributed by atoms with Crippen LogP contribution in [0.25, 0.3) is 5.69 Å². The van der Waals surface area contributed by atoms with Gasteiger partial charge in [-0.2, -0.15) is 0 Å². The topological polar surface area (TPSA) is 84.3 Å². The van der Waals surface area contributed by atoms with Crippen LogP contribution in [0.3, 0.4) is 0 Å². The van der Waals surface area contributed by atoms with Gasteiger partial charge in [-0.15, -0.1) is 0 Å². The van der Waals surface area contributed by atoms with E-state index in [0.717, 1.165) is 11.3 Å². The lowest BCUT2D eigenvalue weighted by Gasteiger charge is -2.19. The van der Waals surface area contributed by atoms with Crippen molar-refractivity contribution in [3.05, 3.63) is 78.4 Å². The Kier molecular flexibility index (Phi) is 6.69. The monoisotopic (exact) mass is 426 g/mol. The Labute approximate surface area is 177 Å². The number of nitrogens with zero attached hydrogens (tertiary/aromatic N) is 3. The third kappa shape index (κ3) is 4.77. The lowest BCUT2D eigenvalue weighted by molar-refractivity contribution is 0.0773. The fourth-order valence-electron chi connectivity index (χ4n) is 3.19. The molecule has 1 aromatic heterocycles. The average molecular weight is 427 g/mol. The molecular formula is C22H26N4O3S. The SMILES string of the molecule is CCN(CC)C(=O)c1ccc(S(=O)(=O)NC(C)c2ccc(-n3ccnc3)cc2)cc1. The lowest BCUT2D eigenvalue weighted by atomic mass is 10.1. The molecule has 3 aromatic rings. The summed E-state index contributed by atoms with van der Waals surface area (Å²) < 4.78 is 30.1. The molecule has 0 aliphatic carbocycles. The van der Waals surface area contributed by atoms with Crippen molar-refractivity contribution in [2.75, 3.05) is 13.1 Å². The zero-order valence-electron chi connectivity index (χ0n) is 17.3. The highest BCUT2D eigenvalue weighted by Gasteiger charge is 2.20. The minimum absolute atomic E-state index is 0.108. The van der Waals surface area contributed by atoms with Crippen LogP contribution < -0.4 is 4.72 Å². The van der Waals surface area contributed by atoms with Gasteiger partial charge >= 0.3 is 0 Å². The van der Waals surface area contributed by atoms with Crippen LogP contribution in [0, 0.1) is 0 Å². The van der Waals surface area contributed by atoms with E-state index in [4.69, 9.17) is 0 Å². The van der Waals surface area contributed by atoms with Crippen molar-refractivity contribution in [2.24, 2.45) is 0 Å². The fraction of sp³-hybridized carbons (Fsp3) is 0.273. The number of amides is 1. The number of sulfonamides is 1. The molecule has 2 aromatic carbocycles. The second kappa shape index (κ2) is 9.23. The third-order valence-corrected chi connectivity index (χ3v) is 6.55. The van der Waals surface area contributed by atoms with Crippen molar-refractivity contribution >= 4 is 15.9 Å². The fourth-order valence-corrected chi connectivity index (χ4v) is 4.42. The first kappa shape index (κ1) is 21.7. The van der Waals surface area contributed by atoms with E-state index in [1.54, 1.807) is 36.5 Å². The zero-order valence-corrected chi connectivity index (χ0v) is 18.1. The largest absolute Gasteiger partial charge is 0.339 e. The van der Waals surface area contributed by atoms with Crippen molar-refractivity contribution in [3.8, 4) is 5.69 Å². The van der Waals surface area contributed by atoms with E-state index in [0.29, 0.717) is 18.7 Å². The number of hydrogen-bond donors (Lipinski definition) is 1. The van der Waals surface area contributed by atoms with Gasteiger partial charge in [0.2, 0.25) is 10.0 Å². The number of carbonyl (C=O) groups is 1. The Hall–Kier alpha value is -2.97. The first-order valence-corrected chi connectivity index (χ1v) is 11.3. The van der Waals surface area contributed by atoms with Gasteiger partial charge in [0, 0.05) is 42.8 Å². The Morgan fingerprint density at radius 2 is 1.70 bits per heavy atom. The van der Waals surface area contributed by atoms with Crippen LogP contribution in [-0.4, -0.2) is 41.9 Å². The van der Waals surface area contributed by atoms with Crippen LogP contribution in [0.1, 0.15) is 42.7 Å². The average Bonchev–Trinajstić information content (AvgIpc) is 3.29. The van der Waals surface area contributed by atoms with Crippen LogP contribution in [0.4, 0.5) is 0 Å². The van der Waals surface area contributed by atoms with Gasteiger partial charge in [-0.05, 0) is 62.7 Å². The molecule has 0 aliphatic heterocycles. The molecule has 0 bridgehead atoms. The van der Waals surface area contributed by atoms with Crippen LogP contribution in [0.5, 0.6) is 0 Å². The molecule has 0 saturated carbocycles. The number of carbonyl (C=O) groups excluding carboxylic acids is 1. The van der Waals surface area contributed by atoms with Gasteiger partial charge in [0.15, 0.2) is 0 Å². The van der Waals surface area contributed by atoms with Gasteiger partial charge in [0.05, 0.1) is 11.2 Å². The first-order chi connectivity index (χ1) is 14.4. The van der Waals surface area contributed by atoms with Crippen LogP contribution in [0.15, 0.2) is 72.1 Å². The molecule has 1 unspecified atom stereocenters. The Balaban J connectivity index is 1.72. The van der Waals surface area contributed by atoms with Crippen molar-refractivity contribution in [1.29, 1.82) is 0 Å². The number of benzene rings is 2. The summed E-state index contributed by atoms with van der Waals surface area (Å²) >= 11 is 0. The van der Waals surface area contributed by atoms with Gasteiger partial charge < -0.3 is 9.47 Å². The smallest absolute Gasteiger partial charge is 0.253 e. The third-order valence-electron chi connectivity index (χ3n) is 4.99. The van der Waals surface area contributed by atoms with E-state index in [2.05, 4.69) is 9.71 Å². The number of nitrogens with one attached hydrogen (secondary N) is 1. The number of hydrogen-bond acceptors (Lipinski definition) is 4. The van der Waals surface area contributed by atoms with Crippen molar-refractivity contribution in [2.45, 2.75) is 31.7 Å². The number of imidazole rings is 1. The number of rotatable bonds is 8. The van der Waals surface area contributed by atoms with Crippen molar-refractivity contribution < 1.29 is 13.2 Å². The molecule has 158 valence electrons. The first-order valence-electron chi connectivity index (χ1n) is 9.85. The molecule has 0 saturated heterocycles. The maximum Gasteiger partial charge on any atom is 0.253 e. The summed E-state index contributed by atoms with van der Waals surface area (Å²) in [5.74, 6) is -0.108. The minimum atomic E-state index is -3.72. The molecule has 0 spiro atoms. The molecule has 7 nitrogen and oxygen atoms in total. The summed E-state index contributed by atoms with van der Waals surface area (Å²) in [6, 6.07) is 13.2. The molecule has 8 heteroatoms. The summed E-state index contributed by atoms with van der Waals surface area (Å²) in [7, 11) is -3.72. The second-order valence-electron chi connectivity index (χ2n) is 6.91. The predicted octanol–water partition coefficient (Wildman–Crippen LogP) is 3.39. The standard InChI is InChI=1S/C22H26N4O3S/c1-4-25(5-2)22(27)19-8-12-21(13-9-19)30(28,29)24-17(3)18-6-10-20(11-7-18)26-15-14-23-16-26/h6-17,24H,4-5H2,1-3H3. The van der Waals surface area contributed by atoms with Gasteiger partial charge in [-0.3, -0.25) is 4.79 Å². The summed E-state index contributed by atoms with van der Waals surface area (Å²) in [5.41, 5.74) is 2.26. The van der Waals surface area contributed by atoms with Gasteiger partial charge in [0.25, 0.3) is 5.91 Å². The molecule has 1 atom stereocenters. The normalized spacial score (nSPS) is 12.5. The van der Waals surface area contributed by atoms with Gasteiger partial charge in [-0.25, -0.2) is 18.1 Å². The van der Waals surface area contributed by atoms with Crippen LogP contribution in [0.2, 0.25) is 0 Å². The highest BCUT2D eigenvalue weighted by atomic mass is 32.2. The molecule has 1 N–H and O–H groups in total. The van der Waals surface area contributed by atoms with E-state index in [9.17, 15) is 13.2 Å². The Bertz CT molecular complexity index is 1070. The van der Waals surface area contributed by atoms with E-state index in [1.165, 1.54) is 12.1 Å². The van der Waals surface area contributed by atoms with E-state index >= 15 is 0 Å². The molecule has 1 amide bonds. The summed E-state index contributed by atoms with van der Waals surface area (Å²) in [5, 5.41) is 0. The summed E-state index contributed by atoms with van der Waals surface area (Å²) in [6.07, 6.45) is 5.25. The molecule has 0 fully saturated rings. The highest BCUT2D eigenvalue weighted by Crippen LogP contribution is 2.19. The molecular weight excluding hydrogens is 400 g/mol. The Morgan fingerprint density at radius 1 is 1.07 bits per heavy atom. The second-order valence-corrected chi connectivity index (χ2v) is 8.62. The van der Waals surface area contributed by atoms with Crippen molar-refractivity contribution in [3.63, 3.8) is 0 Å². The number of aromatic nitrogens is 2. The summed E-state index contributed by atoms with van der Waals surface area (Å²) in [4.78, 5) is 18.2. The van der Waals surface area contributed by atoms with Crippen LogP contribution in [-0.2, 0) is 10.0 Å². The predicted molar refractivity (Wildman–Crippen MR) is 116 cm³/mol. The van der Waals surface area contributed by atoms with Crippen LogP contribution >= 0.6 is 0 Å². The van der Waals surface area contributed by atoms with E-state index in [1.807, 2.05) is 48.9 Å². The highest BCUT2D eigenvalue weighted by molar-refractivity contribution is 7.89. The lowest BCUT2D eigenvalue weighted by Crippen LogP contribution is -2.30. The van der Waals surface area contributed by atoms with E-state index < -0.39 is 16.1 Å². The molecule has 0 radical (unpaired) electrons. The maximum absolute atomic E-state index is 12.8.